The highest BCUT2D eigenvalue weighted by atomic mass is 32.2. The van der Waals surface area contributed by atoms with Gasteiger partial charge in [-0.15, -0.1) is 11.3 Å². The minimum Gasteiger partial charge on any atom is -0.360 e. The average Bonchev–Trinajstić information content (AvgIpc) is 2.93. The van der Waals surface area contributed by atoms with Gasteiger partial charge in [-0.3, -0.25) is 4.99 Å². The molecule has 0 bridgehead atoms. The minimum absolute atomic E-state index is 0.395. The Labute approximate surface area is 125 Å². The molecular weight excluding hydrogens is 272 g/mol. The fourth-order valence-corrected chi connectivity index (χ4v) is 4.42. The van der Waals surface area contributed by atoms with Crippen LogP contribution in [0, 0.1) is 5.41 Å². The fraction of sp³-hybridized carbons (Fsp3) is 0.667. The van der Waals surface area contributed by atoms with Gasteiger partial charge >= 0.3 is 0 Å². The molecule has 1 aromatic heterocycles. The minimum atomic E-state index is 0.395. The van der Waals surface area contributed by atoms with Crippen LogP contribution in [0.25, 0.3) is 0 Å². The van der Waals surface area contributed by atoms with E-state index in [0.717, 1.165) is 24.7 Å². The van der Waals surface area contributed by atoms with Crippen LogP contribution >= 0.6 is 23.1 Å². The van der Waals surface area contributed by atoms with Crippen LogP contribution in [0.3, 0.4) is 0 Å². The van der Waals surface area contributed by atoms with Crippen LogP contribution in [0.1, 0.15) is 43.9 Å². The van der Waals surface area contributed by atoms with Gasteiger partial charge in [0.2, 0.25) is 0 Å². The standard InChI is InChI=1S/C15H24N2S2/c1-5-11-6-7-12(18-11)9-16-14-17-10-13(19-14)8-15(2,3)4/h6-7,13H,5,8-10H2,1-4H3,(H,16,17). The number of aryl methyl sites for hydroxylation is 1. The summed E-state index contributed by atoms with van der Waals surface area (Å²) in [6.07, 6.45) is 2.36. The van der Waals surface area contributed by atoms with Crippen molar-refractivity contribution in [2.24, 2.45) is 10.4 Å². The largest absolute Gasteiger partial charge is 0.360 e. The second-order valence-electron chi connectivity index (χ2n) is 6.23. The number of nitrogens with zero attached hydrogens (tertiary/aromatic N) is 1. The maximum Gasteiger partial charge on any atom is 0.157 e. The molecule has 2 nitrogen and oxygen atoms in total. The summed E-state index contributed by atoms with van der Waals surface area (Å²) in [7, 11) is 0. The fourth-order valence-electron chi connectivity index (χ4n) is 2.17. The molecule has 2 rings (SSSR count). The lowest BCUT2D eigenvalue weighted by Gasteiger charge is -2.21. The van der Waals surface area contributed by atoms with Crippen LogP contribution in [0.2, 0.25) is 0 Å². The van der Waals surface area contributed by atoms with E-state index in [2.05, 4.69) is 50.1 Å². The first kappa shape index (κ1) is 14.9. The second kappa shape index (κ2) is 6.31. The lowest BCUT2D eigenvalue weighted by atomic mass is 9.90. The lowest BCUT2D eigenvalue weighted by Crippen LogP contribution is -2.20. The van der Waals surface area contributed by atoms with Crippen LogP contribution in [0.4, 0.5) is 0 Å². The van der Waals surface area contributed by atoms with Crippen LogP contribution in [-0.4, -0.2) is 17.0 Å². The molecule has 2 heterocycles. The lowest BCUT2D eigenvalue weighted by molar-refractivity contribution is 0.375. The molecular formula is C15H24N2S2. The van der Waals surface area contributed by atoms with E-state index in [-0.39, 0.29) is 0 Å². The number of rotatable bonds is 4. The summed E-state index contributed by atoms with van der Waals surface area (Å²) in [6, 6.07) is 4.46. The highest BCUT2D eigenvalue weighted by Crippen LogP contribution is 2.31. The van der Waals surface area contributed by atoms with E-state index in [0.29, 0.717) is 10.7 Å². The molecule has 1 N–H and O–H groups in total. The third kappa shape index (κ3) is 4.84. The molecule has 1 aromatic rings. The van der Waals surface area contributed by atoms with E-state index < -0.39 is 0 Å². The van der Waals surface area contributed by atoms with Crippen molar-refractivity contribution in [3.8, 4) is 0 Å². The van der Waals surface area contributed by atoms with Gasteiger partial charge in [0.05, 0.1) is 13.1 Å². The van der Waals surface area contributed by atoms with Crippen LogP contribution in [-0.2, 0) is 13.0 Å². The number of hydrogen-bond donors (Lipinski definition) is 1. The molecule has 1 atom stereocenters. The molecule has 0 aliphatic carbocycles. The third-order valence-electron chi connectivity index (χ3n) is 3.04. The highest BCUT2D eigenvalue weighted by Gasteiger charge is 2.24. The van der Waals surface area contributed by atoms with Gasteiger partial charge in [-0.2, -0.15) is 0 Å². The van der Waals surface area contributed by atoms with Gasteiger partial charge in [-0.05, 0) is 30.4 Å². The number of aliphatic imine (C=N–C) groups is 1. The Morgan fingerprint density at radius 3 is 2.68 bits per heavy atom. The number of nitrogens with one attached hydrogen (secondary N) is 1. The van der Waals surface area contributed by atoms with Crippen molar-refractivity contribution in [2.75, 3.05) is 6.54 Å². The van der Waals surface area contributed by atoms with E-state index in [4.69, 9.17) is 0 Å². The molecule has 0 saturated heterocycles. The summed E-state index contributed by atoms with van der Waals surface area (Å²) >= 11 is 3.81. The second-order valence-corrected chi connectivity index (χ2v) is 8.77. The van der Waals surface area contributed by atoms with Crippen molar-refractivity contribution in [3.63, 3.8) is 0 Å². The average molecular weight is 297 g/mol. The smallest absolute Gasteiger partial charge is 0.157 e. The van der Waals surface area contributed by atoms with Crippen molar-refractivity contribution in [1.29, 1.82) is 0 Å². The third-order valence-corrected chi connectivity index (χ3v) is 5.41. The summed E-state index contributed by atoms with van der Waals surface area (Å²) in [5.74, 6) is 0. The number of thiophene rings is 1. The van der Waals surface area contributed by atoms with Crippen molar-refractivity contribution >= 4 is 28.3 Å². The summed E-state index contributed by atoms with van der Waals surface area (Å²) in [5.41, 5.74) is 0.395. The van der Waals surface area contributed by atoms with Gasteiger partial charge in [-0.1, -0.05) is 39.5 Å². The van der Waals surface area contributed by atoms with Gasteiger partial charge in [0.25, 0.3) is 0 Å². The van der Waals surface area contributed by atoms with Gasteiger partial charge < -0.3 is 5.32 Å². The van der Waals surface area contributed by atoms with E-state index >= 15 is 0 Å². The first-order valence-corrected chi connectivity index (χ1v) is 8.68. The van der Waals surface area contributed by atoms with Crippen molar-refractivity contribution in [1.82, 2.24) is 5.32 Å². The number of amidine groups is 1. The molecule has 0 spiro atoms. The van der Waals surface area contributed by atoms with Gasteiger partial charge in [0.1, 0.15) is 0 Å². The number of hydrogen-bond acceptors (Lipinski definition) is 4. The molecule has 1 aliphatic heterocycles. The monoisotopic (exact) mass is 296 g/mol. The van der Waals surface area contributed by atoms with Gasteiger partial charge in [0.15, 0.2) is 5.17 Å². The van der Waals surface area contributed by atoms with E-state index in [1.54, 1.807) is 0 Å². The van der Waals surface area contributed by atoms with E-state index in [1.165, 1.54) is 16.2 Å². The molecule has 0 fully saturated rings. The topological polar surface area (TPSA) is 24.4 Å². The van der Waals surface area contributed by atoms with Crippen LogP contribution in [0.15, 0.2) is 17.1 Å². The van der Waals surface area contributed by atoms with Crippen LogP contribution in [0.5, 0.6) is 0 Å². The Balaban J connectivity index is 1.76. The van der Waals surface area contributed by atoms with E-state index in [1.807, 2.05) is 23.1 Å². The maximum absolute atomic E-state index is 4.62. The van der Waals surface area contributed by atoms with Crippen molar-refractivity contribution in [3.05, 3.63) is 21.9 Å². The Hall–Kier alpha value is -0.480. The molecule has 19 heavy (non-hydrogen) atoms. The van der Waals surface area contributed by atoms with E-state index in [9.17, 15) is 0 Å². The molecule has 0 aromatic carbocycles. The normalized spacial score (nSPS) is 19.6. The first-order valence-electron chi connectivity index (χ1n) is 6.99. The quantitative estimate of drug-likeness (QED) is 0.895. The highest BCUT2D eigenvalue weighted by molar-refractivity contribution is 8.14. The number of thioether (sulfide) groups is 1. The zero-order chi connectivity index (χ0) is 13.9. The summed E-state index contributed by atoms with van der Waals surface area (Å²) in [6.45, 7) is 11.0. The Bertz CT molecular complexity index is 443. The molecule has 0 radical (unpaired) electrons. The molecule has 1 unspecified atom stereocenters. The maximum atomic E-state index is 4.62. The SMILES string of the molecule is CCc1ccc(CNC2=NCC(CC(C)(C)C)S2)s1. The first-order chi connectivity index (χ1) is 8.96. The molecule has 0 saturated carbocycles. The van der Waals surface area contributed by atoms with Crippen molar-refractivity contribution in [2.45, 2.75) is 52.3 Å². The summed E-state index contributed by atoms with van der Waals surface area (Å²) in [5, 5.41) is 5.25. The zero-order valence-corrected chi connectivity index (χ0v) is 14.0. The predicted octanol–water partition coefficient (Wildman–Crippen LogP) is 4.31. The molecule has 0 amide bonds. The Morgan fingerprint density at radius 2 is 2.05 bits per heavy atom. The van der Waals surface area contributed by atoms with Gasteiger partial charge in [0, 0.05) is 15.0 Å². The predicted molar refractivity (Wildman–Crippen MR) is 88.3 cm³/mol. The molecule has 106 valence electrons. The summed E-state index contributed by atoms with van der Waals surface area (Å²) < 4.78 is 0. The molecule has 1 aliphatic rings. The zero-order valence-electron chi connectivity index (χ0n) is 12.3. The molecule has 4 heteroatoms. The van der Waals surface area contributed by atoms with Crippen molar-refractivity contribution < 1.29 is 0 Å². The Morgan fingerprint density at radius 1 is 1.32 bits per heavy atom. The Kier molecular flexibility index (Phi) is 4.96. The van der Waals surface area contributed by atoms with Crippen LogP contribution < -0.4 is 5.32 Å². The van der Waals surface area contributed by atoms with Gasteiger partial charge in [-0.25, -0.2) is 0 Å². The summed E-state index contributed by atoms with van der Waals surface area (Å²) in [4.78, 5) is 7.48.